The van der Waals surface area contributed by atoms with E-state index in [9.17, 15) is 9.18 Å². The first kappa shape index (κ1) is 12.9. The predicted molar refractivity (Wildman–Crippen MR) is 70.8 cm³/mol. The zero-order valence-electron chi connectivity index (χ0n) is 9.08. The van der Waals surface area contributed by atoms with Crippen LogP contribution >= 0.6 is 23.2 Å². The fourth-order valence-corrected chi connectivity index (χ4v) is 1.78. The van der Waals surface area contributed by atoms with Crippen LogP contribution in [0.4, 0.5) is 10.1 Å². The molecule has 92 valence electrons. The van der Waals surface area contributed by atoms with E-state index in [-0.39, 0.29) is 11.4 Å². The second-order valence-corrected chi connectivity index (χ2v) is 4.43. The normalized spacial score (nSPS) is 10.2. The molecule has 2 nitrogen and oxygen atoms in total. The summed E-state index contributed by atoms with van der Waals surface area (Å²) >= 11 is 11.7. The molecule has 1 amide bonds. The predicted octanol–water partition coefficient (Wildman–Crippen LogP) is 4.38. The highest BCUT2D eigenvalue weighted by Crippen LogP contribution is 2.21. The van der Waals surface area contributed by atoms with Crippen molar-refractivity contribution in [2.24, 2.45) is 0 Å². The van der Waals surface area contributed by atoms with Gasteiger partial charge in [-0.1, -0.05) is 23.2 Å². The third-order valence-corrected chi connectivity index (χ3v) is 2.84. The molecule has 0 spiro atoms. The number of rotatable bonds is 2. The molecule has 0 aromatic heterocycles. The second kappa shape index (κ2) is 5.38. The van der Waals surface area contributed by atoms with Gasteiger partial charge in [0, 0.05) is 10.7 Å². The molecule has 18 heavy (non-hydrogen) atoms. The number of anilines is 1. The summed E-state index contributed by atoms with van der Waals surface area (Å²) in [6.07, 6.45) is 0. The van der Waals surface area contributed by atoms with Crippen LogP contribution in [-0.4, -0.2) is 5.91 Å². The number of nitrogens with one attached hydrogen (secondary N) is 1. The van der Waals surface area contributed by atoms with Crippen LogP contribution in [0.15, 0.2) is 42.5 Å². The second-order valence-electron chi connectivity index (χ2n) is 3.59. The Hall–Kier alpha value is -1.58. The average molecular weight is 284 g/mol. The van der Waals surface area contributed by atoms with Crippen molar-refractivity contribution in [3.05, 3.63) is 63.9 Å². The van der Waals surface area contributed by atoms with E-state index in [1.54, 1.807) is 12.1 Å². The monoisotopic (exact) mass is 283 g/mol. The highest BCUT2D eigenvalue weighted by Gasteiger charge is 2.11. The first-order valence-corrected chi connectivity index (χ1v) is 5.84. The van der Waals surface area contributed by atoms with E-state index >= 15 is 0 Å². The van der Waals surface area contributed by atoms with Crippen LogP contribution in [-0.2, 0) is 0 Å². The molecular formula is C13H8Cl2FNO. The molecule has 0 aliphatic heterocycles. The Balaban J connectivity index is 2.21. The average Bonchev–Trinajstić information content (AvgIpc) is 2.35. The molecule has 0 unspecified atom stereocenters. The Bertz CT molecular complexity index is 584. The lowest BCUT2D eigenvalue weighted by Crippen LogP contribution is -2.12. The molecule has 0 fully saturated rings. The smallest absolute Gasteiger partial charge is 0.257 e. The van der Waals surface area contributed by atoms with Crippen LogP contribution in [0.2, 0.25) is 10.0 Å². The van der Waals surface area contributed by atoms with Crippen LogP contribution in [0.1, 0.15) is 10.4 Å². The minimum Gasteiger partial charge on any atom is -0.322 e. The van der Waals surface area contributed by atoms with Crippen LogP contribution < -0.4 is 5.32 Å². The van der Waals surface area contributed by atoms with E-state index < -0.39 is 5.91 Å². The van der Waals surface area contributed by atoms with Gasteiger partial charge in [0.25, 0.3) is 5.91 Å². The lowest BCUT2D eigenvalue weighted by Gasteiger charge is -2.07. The zero-order chi connectivity index (χ0) is 13.1. The summed E-state index contributed by atoms with van der Waals surface area (Å²) in [6.45, 7) is 0. The number of hydrogen-bond donors (Lipinski definition) is 1. The number of amides is 1. The van der Waals surface area contributed by atoms with Gasteiger partial charge in [0.15, 0.2) is 0 Å². The maximum Gasteiger partial charge on any atom is 0.257 e. The van der Waals surface area contributed by atoms with Gasteiger partial charge in [0.2, 0.25) is 0 Å². The SMILES string of the molecule is O=C(Nc1ccc(F)cc1)c1cc(Cl)ccc1Cl. The first-order chi connectivity index (χ1) is 8.56. The third kappa shape index (κ3) is 3.00. The molecule has 0 radical (unpaired) electrons. The van der Waals surface area contributed by atoms with Crippen molar-refractivity contribution in [2.45, 2.75) is 0 Å². The lowest BCUT2D eigenvalue weighted by molar-refractivity contribution is 0.102. The molecule has 5 heteroatoms. The van der Waals surface area contributed by atoms with Gasteiger partial charge < -0.3 is 5.32 Å². The summed E-state index contributed by atoms with van der Waals surface area (Å²) in [5, 5.41) is 3.33. The number of carbonyl (C=O) groups excluding carboxylic acids is 1. The van der Waals surface area contributed by atoms with Gasteiger partial charge in [0.05, 0.1) is 10.6 Å². The molecule has 0 atom stereocenters. The molecule has 1 N–H and O–H groups in total. The van der Waals surface area contributed by atoms with E-state index in [4.69, 9.17) is 23.2 Å². The van der Waals surface area contributed by atoms with Crippen molar-refractivity contribution >= 4 is 34.8 Å². The third-order valence-electron chi connectivity index (χ3n) is 2.28. The van der Waals surface area contributed by atoms with E-state index in [1.165, 1.54) is 30.3 Å². The number of benzene rings is 2. The molecule has 0 aliphatic carbocycles. The molecule has 0 bridgehead atoms. The molecule has 2 aromatic rings. The van der Waals surface area contributed by atoms with Crippen molar-refractivity contribution in [3.63, 3.8) is 0 Å². The van der Waals surface area contributed by atoms with E-state index in [1.807, 2.05) is 0 Å². The molecule has 0 saturated carbocycles. The quantitative estimate of drug-likeness (QED) is 0.870. The van der Waals surface area contributed by atoms with Crippen LogP contribution in [0.25, 0.3) is 0 Å². The molecule has 0 saturated heterocycles. The summed E-state index contributed by atoms with van der Waals surface area (Å²) < 4.78 is 12.7. The Morgan fingerprint density at radius 2 is 1.72 bits per heavy atom. The van der Waals surface area contributed by atoms with Gasteiger partial charge in [-0.2, -0.15) is 0 Å². The topological polar surface area (TPSA) is 29.1 Å². The minimum absolute atomic E-state index is 0.272. The zero-order valence-corrected chi connectivity index (χ0v) is 10.6. The van der Waals surface area contributed by atoms with Gasteiger partial charge in [-0.25, -0.2) is 4.39 Å². The molecule has 2 rings (SSSR count). The van der Waals surface area contributed by atoms with Gasteiger partial charge in [-0.3, -0.25) is 4.79 Å². The van der Waals surface area contributed by atoms with Crippen LogP contribution in [0.5, 0.6) is 0 Å². The van der Waals surface area contributed by atoms with Gasteiger partial charge in [0.1, 0.15) is 5.82 Å². The standard InChI is InChI=1S/C13H8Cl2FNO/c14-8-1-6-12(15)11(7-8)13(18)17-10-4-2-9(16)3-5-10/h1-7H,(H,17,18). The van der Waals surface area contributed by atoms with Gasteiger partial charge >= 0.3 is 0 Å². The van der Waals surface area contributed by atoms with E-state index in [0.717, 1.165) is 0 Å². The molecule has 0 heterocycles. The fourth-order valence-electron chi connectivity index (χ4n) is 1.40. The van der Waals surface area contributed by atoms with Crippen LogP contribution in [0, 0.1) is 5.82 Å². The molecule has 0 aliphatic rings. The highest BCUT2D eigenvalue weighted by molar-refractivity contribution is 6.36. The fraction of sp³-hybridized carbons (Fsp3) is 0. The summed E-state index contributed by atoms with van der Waals surface area (Å²) in [7, 11) is 0. The molecule has 2 aromatic carbocycles. The lowest BCUT2D eigenvalue weighted by atomic mass is 10.2. The van der Waals surface area contributed by atoms with Crippen molar-refractivity contribution < 1.29 is 9.18 Å². The van der Waals surface area contributed by atoms with Crippen LogP contribution in [0.3, 0.4) is 0 Å². The first-order valence-electron chi connectivity index (χ1n) is 5.08. The Morgan fingerprint density at radius 1 is 1.06 bits per heavy atom. The van der Waals surface area contributed by atoms with Gasteiger partial charge in [-0.05, 0) is 42.5 Å². The number of carbonyl (C=O) groups is 1. The largest absolute Gasteiger partial charge is 0.322 e. The van der Waals surface area contributed by atoms with Crippen molar-refractivity contribution in [2.75, 3.05) is 5.32 Å². The number of hydrogen-bond acceptors (Lipinski definition) is 1. The maximum atomic E-state index is 12.7. The summed E-state index contributed by atoms with van der Waals surface area (Å²) in [4.78, 5) is 11.9. The van der Waals surface area contributed by atoms with E-state index in [2.05, 4.69) is 5.32 Å². The summed E-state index contributed by atoms with van der Waals surface area (Å²) in [6, 6.07) is 10.1. The highest BCUT2D eigenvalue weighted by atomic mass is 35.5. The van der Waals surface area contributed by atoms with Crippen molar-refractivity contribution in [1.82, 2.24) is 0 Å². The molecular weight excluding hydrogens is 276 g/mol. The summed E-state index contributed by atoms with van der Waals surface area (Å²) in [5.41, 5.74) is 0.755. The summed E-state index contributed by atoms with van der Waals surface area (Å²) in [5.74, 6) is -0.761. The minimum atomic E-state index is -0.394. The Kier molecular flexibility index (Phi) is 3.84. The Morgan fingerprint density at radius 3 is 2.39 bits per heavy atom. The van der Waals surface area contributed by atoms with Gasteiger partial charge in [-0.15, -0.1) is 0 Å². The Labute approximate surface area is 113 Å². The van der Waals surface area contributed by atoms with E-state index in [0.29, 0.717) is 15.7 Å². The van der Waals surface area contributed by atoms with Crippen molar-refractivity contribution in [1.29, 1.82) is 0 Å². The maximum absolute atomic E-state index is 12.7. The number of halogens is 3. The van der Waals surface area contributed by atoms with Crippen molar-refractivity contribution in [3.8, 4) is 0 Å².